The average molecular weight is 374 g/mol. The maximum atomic E-state index is 12.6. The predicted molar refractivity (Wildman–Crippen MR) is 99.9 cm³/mol. The van der Waals surface area contributed by atoms with Crippen LogP contribution in [0.5, 0.6) is 0 Å². The second kappa shape index (κ2) is 8.64. The number of nitrogens with two attached hydrogens (primary N) is 1. The number of carbonyl (C=O) groups is 1. The monoisotopic (exact) mass is 373 g/mol. The summed E-state index contributed by atoms with van der Waals surface area (Å²) in [6.07, 6.45) is 1.76. The summed E-state index contributed by atoms with van der Waals surface area (Å²) < 4.78 is 0. The number of rotatable bonds is 2. The number of nitrogens with zero attached hydrogens (tertiary/aromatic N) is 2. The fourth-order valence-corrected chi connectivity index (χ4v) is 3.28. The lowest BCUT2D eigenvalue weighted by Crippen LogP contribution is -2.43. The Balaban J connectivity index is 0.00000132. The summed E-state index contributed by atoms with van der Waals surface area (Å²) in [6, 6.07) is 6.10. The third-order valence-electron chi connectivity index (χ3n) is 3.96. The quantitative estimate of drug-likeness (QED) is 0.875. The summed E-state index contributed by atoms with van der Waals surface area (Å²) in [7, 11) is 0. The van der Waals surface area contributed by atoms with Crippen LogP contribution in [0.25, 0.3) is 11.3 Å². The van der Waals surface area contributed by atoms with E-state index in [1.807, 2.05) is 35.4 Å². The van der Waals surface area contributed by atoms with Crippen LogP contribution in [-0.4, -0.2) is 34.9 Å². The molecule has 1 saturated heterocycles. The number of amides is 1. The van der Waals surface area contributed by atoms with E-state index in [-0.39, 0.29) is 36.8 Å². The number of piperidine rings is 1. The van der Waals surface area contributed by atoms with Crippen LogP contribution in [0.15, 0.2) is 29.0 Å². The molecule has 2 aromatic rings. The molecule has 2 aromatic heterocycles. The van der Waals surface area contributed by atoms with E-state index in [0.717, 1.165) is 42.9 Å². The van der Waals surface area contributed by atoms with Crippen molar-refractivity contribution in [2.75, 3.05) is 13.1 Å². The lowest BCUT2D eigenvalue weighted by atomic mass is 10.0. The van der Waals surface area contributed by atoms with Crippen LogP contribution >= 0.6 is 36.2 Å². The molecule has 0 atom stereocenters. The average Bonchev–Trinajstić information content (AvgIpc) is 3.01. The highest BCUT2D eigenvalue weighted by molar-refractivity contribution is 7.08. The third kappa shape index (κ3) is 4.44. The van der Waals surface area contributed by atoms with Crippen molar-refractivity contribution < 1.29 is 4.79 Å². The highest BCUT2D eigenvalue weighted by Crippen LogP contribution is 2.22. The SMILES string of the molecule is Cc1nc(-c2ccsc2)ccc1C(=O)N1CCC(N)CC1.Cl.Cl. The summed E-state index contributed by atoms with van der Waals surface area (Å²) in [5.74, 6) is 0.0729. The Labute approximate surface area is 152 Å². The Kier molecular flexibility index (Phi) is 7.48. The van der Waals surface area contributed by atoms with Gasteiger partial charge in [-0.05, 0) is 43.3 Å². The Morgan fingerprint density at radius 1 is 1.26 bits per heavy atom. The minimum Gasteiger partial charge on any atom is -0.338 e. The zero-order valence-corrected chi connectivity index (χ0v) is 15.3. The van der Waals surface area contributed by atoms with Crippen molar-refractivity contribution in [3.8, 4) is 11.3 Å². The van der Waals surface area contributed by atoms with Crippen molar-refractivity contribution in [2.24, 2.45) is 5.73 Å². The van der Waals surface area contributed by atoms with E-state index in [0.29, 0.717) is 5.56 Å². The highest BCUT2D eigenvalue weighted by atomic mass is 35.5. The topological polar surface area (TPSA) is 59.2 Å². The number of pyridine rings is 1. The van der Waals surface area contributed by atoms with Crippen molar-refractivity contribution in [1.82, 2.24) is 9.88 Å². The Morgan fingerprint density at radius 2 is 1.96 bits per heavy atom. The lowest BCUT2D eigenvalue weighted by molar-refractivity contribution is 0.0713. The lowest BCUT2D eigenvalue weighted by Gasteiger charge is -2.30. The van der Waals surface area contributed by atoms with E-state index >= 15 is 0 Å². The molecule has 1 aliphatic heterocycles. The number of aryl methyl sites for hydroxylation is 1. The van der Waals surface area contributed by atoms with E-state index < -0.39 is 0 Å². The molecule has 23 heavy (non-hydrogen) atoms. The predicted octanol–water partition coefficient (Wildman–Crippen LogP) is 3.53. The van der Waals surface area contributed by atoms with E-state index in [4.69, 9.17) is 5.73 Å². The third-order valence-corrected chi connectivity index (χ3v) is 4.64. The zero-order valence-electron chi connectivity index (χ0n) is 12.9. The Morgan fingerprint density at radius 3 is 2.52 bits per heavy atom. The standard InChI is InChI=1S/C16H19N3OS.2ClH/c1-11-14(16(20)19-7-4-13(17)5-8-19)2-3-15(18-11)12-6-9-21-10-12;;/h2-3,6,9-10,13H,4-5,7-8,17H2,1H3;2*1H. The number of halogens is 2. The molecule has 0 aliphatic carbocycles. The molecule has 126 valence electrons. The molecular formula is C16H21Cl2N3OS. The first kappa shape index (κ1) is 19.9. The second-order valence-electron chi connectivity index (χ2n) is 5.47. The minimum atomic E-state index is 0. The molecule has 0 radical (unpaired) electrons. The summed E-state index contributed by atoms with van der Waals surface area (Å²) >= 11 is 1.65. The molecule has 0 spiro atoms. The van der Waals surface area contributed by atoms with Gasteiger partial charge in [0.05, 0.1) is 17.0 Å². The number of aromatic nitrogens is 1. The van der Waals surface area contributed by atoms with Crippen molar-refractivity contribution in [3.05, 3.63) is 40.2 Å². The molecule has 1 fully saturated rings. The fourth-order valence-electron chi connectivity index (χ4n) is 2.63. The molecule has 3 rings (SSSR count). The van der Waals surface area contributed by atoms with Gasteiger partial charge in [0.2, 0.25) is 0 Å². The van der Waals surface area contributed by atoms with Gasteiger partial charge >= 0.3 is 0 Å². The van der Waals surface area contributed by atoms with Crippen LogP contribution in [0, 0.1) is 6.92 Å². The van der Waals surface area contributed by atoms with Crippen molar-refractivity contribution in [2.45, 2.75) is 25.8 Å². The van der Waals surface area contributed by atoms with Gasteiger partial charge in [0, 0.05) is 30.1 Å². The first-order valence-corrected chi connectivity index (χ1v) is 8.14. The van der Waals surface area contributed by atoms with Crippen LogP contribution in [0.2, 0.25) is 0 Å². The zero-order chi connectivity index (χ0) is 14.8. The van der Waals surface area contributed by atoms with Gasteiger partial charge in [-0.2, -0.15) is 11.3 Å². The van der Waals surface area contributed by atoms with Crippen molar-refractivity contribution in [3.63, 3.8) is 0 Å². The van der Waals surface area contributed by atoms with Gasteiger partial charge in [-0.15, -0.1) is 24.8 Å². The van der Waals surface area contributed by atoms with Gasteiger partial charge in [-0.25, -0.2) is 0 Å². The minimum absolute atomic E-state index is 0. The molecule has 0 saturated carbocycles. The summed E-state index contributed by atoms with van der Waals surface area (Å²) in [4.78, 5) is 19.0. The van der Waals surface area contributed by atoms with Crippen LogP contribution < -0.4 is 5.73 Å². The normalized spacial score (nSPS) is 14.8. The van der Waals surface area contributed by atoms with Crippen molar-refractivity contribution in [1.29, 1.82) is 0 Å². The molecule has 0 bridgehead atoms. The van der Waals surface area contributed by atoms with Gasteiger partial charge < -0.3 is 10.6 Å². The largest absolute Gasteiger partial charge is 0.338 e. The Bertz CT molecular complexity index is 641. The molecular weight excluding hydrogens is 353 g/mol. The van der Waals surface area contributed by atoms with E-state index in [9.17, 15) is 4.79 Å². The second-order valence-corrected chi connectivity index (χ2v) is 6.25. The first-order valence-electron chi connectivity index (χ1n) is 7.20. The summed E-state index contributed by atoms with van der Waals surface area (Å²) in [5.41, 5.74) is 9.40. The molecule has 0 aromatic carbocycles. The fraction of sp³-hybridized carbons (Fsp3) is 0.375. The molecule has 0 unspecified atom stereocenters. The van der Waals surface area contributed by atoms with E-state index in [1.54, 1.807) is 11.3 Å². The molecule has 1 amide bonds. The van der Waals surface area contributed by atoms with Gasteiger partial charge in [-0.1, -0.05) is 0 Å². The molecule has 4 nitrogen and oxygen atoms in total. The maximum absolute atomic E-state index is 12.6. The number of thiophene rings is 1. The summed E-state index contributed by atoms with van der Waals surface area (Å²) in [5, 5.41) is 4.09. The van der Waals surface area contributed by atoms with Crippen LogP contribution in [0.1, 0.15) is 28.9 Å². The van der Waals surface area contributed by atoms with Crippen LogP contribution in [0.4, 0.5) is 0 Å². The van der Waals surface area contributed by atoms with Gasteiger partial charge in [-0.3, -0.25) is 9.78 Å². The number of likely N-dealkylation sites (tertiary alicyclic amines) is 1. The Hall–Kier alpha value is -1.14. The van der Waals surface area contributed by atoms with E-state index in [1.165, 1.54) is 0 Å². The van der Waals surface area contributed by atoms with E-state index in [2.05, 4.69) is 10.4 Å². The maximum Gasteiger partial charge on any atom is 0.255 e. The number of hydrogen-bond donors (Lipinski definition) is 1. The molecule has 2 N–H and O–H groups in total. The van der Waals surface area contributed by atoms with Crippen molar-refractivity contribution >= 4 is 42.1 Å². The number of carbonyl (C=O) groups excluding carboxylic acids is 1. The van der Waals surface area contributed by atoms with Crippen LogP contribution in [-0.2, 0) is 0 Å². The van der Waals surface area contributed by atoms with Crippen LogP contribution in [0.3, 0.4) is 0 Å². The smallest absolute Gasteiger partial charge is 0.255 e. The molecule has 1 aliphatic rings. The molecule has 3 heterocycles. The molecule has 7 heteroatoms. The summed E-state index contributed by atoms with van der Waals surface area (Å²) in [6.45, 7) is 3.39. The van der Waals surface area contributed by atoms with Gasteiger partial charge in [0.15, 0.2) is 0 Å². The van der Waals surface area contributed by atoms with Gasteiger partial charge in [0.1, 0.15) is 0 Å². The number of hydrogen-bond acceptors (Lipinski definition) is 4. The first-order chi connectivity index (χ1) is 10.1. The van der Waals surface area contributed by atoms with Gasteiger partial charge in [0.25, 0.3) is 5.91 Å². The highest BCUT2D eigenvalue weighted by Gasteiger charge is 2.23.